The maximum absolute atomic E-state index is 12.0. The van der Waals surface area contributed by atoms with E-state index in [0.29, 0.717) is 22.6 Å². The topological polar surface area (TPSA) is 68.5 Å². The van der Waals surface area contributed by atoms with E-state index in [4.69, 9.17) is 20.8 Å². The second-order valence-corrected chi connectivity index (χ2v) is 4.90. The standard InChI is InChI=1S/C14H14ClNO4/c1-8(7-19-2)16-13(17)11-6-9-5-10(15)3-4-12(9)20-14(11)18/h3-6,8H,7H2,1-2H3,(H,16,17)/t8-/m0/s1. The highest BCUT2D eigenvalue weighted by Crippen LogP contribution is 2.18. The first kappa shape index (κ1) is 14.6. The van der Waals surface area contributed by atoms with Crippen molar-refractivity contribution in [2.24, 2.45) is 0 Å². The summed E-state index contributed by atoms with van der Waals surface area (Å²) in [6, 6.07) is 6.11. The van der Waals surface area contributed by atoms with Gasteiger partial charge in [-0.1, -0.05) is 11.6 Å². The lowest BCUT2D eigenvalue weighted by molar-refractivity contribution is 0.0902. The van der Waals surface area contributed by atoms with Gasteiger partial charge < -0.3 is 14.5 Å². The van der Waals surface area contributed by atoms with E-state index in [9.17, 15) is 9.59 Å². The third-order valence-corrected chi connectivity index (χ3v) is 2.97. The Morgan fingerprint density at radius 2 is 2.20 bits per heavy atom. The number of halogens is 1. The van der Waals surface area contributed by atoms with Crippen LogP contribution in [-0.2, 0) is 4.74 Å². The molecular weight excluding hydrogens is 282 g/mol. The molecule has 1 heterocycles. The van der Waals surface area contributed by atoms with Crippen molar-refractivity contribution in [1.82, 2.24) is 5.32 Å². The van der Waals surface area contributed by atoms with Gasteiger partial charge in [-0.15, -0.1) is 0 Å². The molecule has 2 rings (SSSR count). The smallest absolute Gasteiger partial charge is 0.349 e. The zero-order chi connectivity index (χ0) is 14.7. The summed E-state index contributed by atoms with van der Waals surface area (Å²) >= 11 is 5.88. The van der Waals surface area contributed by atoms with Gasteiger partial charge in [-0.25, -0.2) is 4.79 Å². The van der Waals surface area contributed by atoms with Crippen molar-refractivity contribution in [3.63, 3.8) is 0 Å². The summed E-state index contributed by atoms with van der Waals surface area (Å²) in [5, 5.41) is 3.76. The second-order valence-electron chi connectivity index (χ2n) is 4.46. The van der Waals surface area contributed by atoms with Crippen LogP contribution in [0.2, 0.25) is 5.02 Å². The molecule has 0 bridgehead atoms. The van der Waals surface area contributed by atoms with E-state index in [0.717, 1.165) is 0 Å². The van der Waals surface area contributed by atoms with Crippen LogP contribution in [0, 0.1) is 0 Å². The van der Waals surface area contributed by atoms with Gasteiger partial charge in [-0.05, 0) is 31.2 Å². The van der Waals surface area contributed by atoms with Gasteiger partial charge in [-0.3, -0.25) is 4.79 Å². The van der Waals surface area contributed by atoms with Crippen molar-refractivity contribution in [3.8, 4) is 0 Å². The van der Waals surface area contributed by atoms with Crippen LogP contribution < -0.4 is 10.9 Å². The van der Waals surface area contributed by atoms with Crippen LogP contribution in [0.1, 0.15) is 17.3 Å². The van der Waals surface area contributed by atoms with Gasteiger partial charge in [0.05, 0.1) is 6.61 Å². The Balaban J connectivity index is 2.36. The number of carbonyl (C=O) groups is 1. The molecule has 1 atom stereocenters. The highest BCUT2D eigenvalue weighted by Gasteiger charge is 2.15. The van der Waals surface area contributed by atoms with Crippen molar-refractivity contribution in [1.29, 1.82) is 0 Å². The summed E-state index contributed by atoms with van der Waals surface area (Å²) in [4.78, 5) is 23.8. The molecule has 0 fully saturated rings. The number of amides is 1. The molecular formula is C14H14ClNO4. The number of hydrogen-bond acceptors (Lipinski definition) is 4. The summed E-state index contributed by atoms with van der Waals surface area (Å²) in [6.07, 6.45) is 0. The average Bonchev–Trinajstić information content (AvgIpc) is 2.38. The number of nitrogens with one attached hydrogen (secondary N) is 1. The largest absolute Gasteiger partial charge is 0.422 e. The number of fused-ring (bicyclic) bond motifs is 1. The van der Waals surface area contributed by atoms with Crippen LogP contribution in [-0.4, -0.2) is 25.7 Å². The van der Waals surface area contributed by atoms with Crippen molar-refractivity contribution in [2.45, 2.75) is 13.0 Å². The zero-order valence-electron chi connectivity index (χ0n) is 11.1. The summed E-state index contributed by atoms with van der Waals surface area (Å²) < 4.78 is 10.0. The van der Waals surface area contributed by atoms with E-state index >= 15 is 0 Å². The van der Waals surface area contributed by atoms with Crippen LogP contribution in [0.3, 0.4) is 0 Å². The van der Waals surface area contributed by atoms with Gasteiger partial charge in [0.15, 0.2) is 0 Å². The maximum Gasteiger partial charge on any atom is 0.349 e. The molecule has 2 aromatic rings. The van der Waals surface area contributed by atoms with Gasteiger partial charge >= 0.3 is 5.63 Å². The van der Waals surface area contributed by atoms with Crippen LogP contribution in [0.25, 0.3) is 11.0 Å². The van der Waals surface area contributed by atoms with Crippen LogP contribution in [0.5, 0.6) is 0 Å². The van der Waals surface area contributed by atoms with E-state index < -0.39 is 11.5 Å². The molecule has 5 nitrogen and oxygen atoms in total. The Kier molecular flexibility index (Phi) is 4.42. The molecule has 1 N–H and O–H groups in total. The molecule has 0 spiro atoms. The van der Waals surface area contributed by atoms with Gasteiger partial charge in [0, 0.05) is 23.6 Å². The maximum atomic E-state index is 12.0. The molecule has 0 saturated carbocycles. The minimum Gasteiger partial charge on any atom is -0.422 e. The Morgan fingerprint density at radius 1 is 1.45 bits per heavy atom. The Hall–Kier alpha value is -1.85. The predicted molar refractivity (Wildman–Crippen MR) is 76.3 cm³/mol. The van der Waals surface area contributed by atoms with Crippen molar-refractivity contribution in [3.05, 3.63) is 45.3 Å². The summed E-state index contributed by atoms with van der Waals surface area (Å²) in [5.41, 5.74) is -0.342. The summed E-state index contributed by atoms with van der Waals surface area (Å²) in [7, 11) is 1.54. The predicted octanol–water partition coefficient (Wildman–Crippen LogP) is 2.21. The van der Waals surface area contributed by atoms with Gasteiger partial charge in [0.25, 0.3) is 5.91 Å². The monoisotopic (exact) mass is 295 g/mol. The molecule has 0 aliphatic heterocycles. The van der Waals surface area contributed by atoms with Gasteiger partial charge in [-0.2, -0.15) is 0 Å². The van der Waals surface area contributed by atoms with E-state index in [-0.39, 0.29) is 11.6 Å². The Bertz CT molecular complexity index is 695. The number of hydrogen-bond donors (Lipinski definition) is 1. The normalized spacial score (nSPS) is 12.3. The SMILES string of the molecule is COC[C@H](C)NC(=O)c1cc2cc(Cl)ccc2oc1=O. The van der Waals surface area contributed by atoms with Crippen LogP contribution in [0.4, 0.5) is 0 Å². The van der Waals surface area contributed by atoms with E-state index in [1.54, 1.807) is 25.1 Å². The van der Waals surface area contributed by atoms with Crippen molar-refractivity contribution >= 4 is 28.5 Å². The number of rotatable bonds is 4. The lowest BCUT2D eigenvalue weighted by atomic mass is 10.1. The van der Waals surface area contributed by atoms with Crippen LogP contribution in [0.15, 0.2) is 33.5 Å². The number of methoxy groups -OCH3 is 1. The first-order valence-electron chi connectivity index (χ1n) is 6.04. The highest BCUT2D eigenvalue weighted by atomic mass is 35.5. The minimum atomic E-state index is -0.679. The molecule has 0 radical (unpaired) electrons. The first-order chi connectivity index (χ1) is 9.51. The summed E-state index contributed by atoms with van der Waals surface area (Å²) in [5.74, 6) is -0.495. The van der Waals surface area contributed by atoms with E-state index in [1.165, 1.54) is 13.2 Å². The molecule has 0 unspecified atom stereocenters. The van der Waals surface area contributed by atoms with Crippen LogP contribution >= 0.6 is 11.6 Å². The quantitative estimate of drug-likeness (QED) is 0.878. The molecule has 1 aromatic carbocycles. The highest BCUT2D eigenvalue weighted by molar-refractivity contribution is 6.31. The molecule has 0 aliphatic rings. The van der Waals surface area contributed by atoms with Crippen molar-refractivity contribution in [2.75, 3.05) is 13.7 Å². The average molecular weight is 296 g/mol. The van der Waals surface area contributed by atoms with Gasteiger partial charge in [0.2, 0.25) is 0 Å². The van der Waals surface area contributed by atoms with Crippen molar-refractivity contribution < 1.29 is 13.9 Å². The molecule has 1 aromatic heterocycles. The molecule has 1 amide bonds. The zero-order valence-corrected chi connectivity index (χ0v) is 11.9. The number of carbonyl (C=O) groups excluding carboxylic acids is 1. The molecule has 20 heavy (non-hydrogen) atoms. The lowest BCUT2D eigenvalue weighted by Crippen LogP contribution is -2.37. The first-order valence-corrected chi connectivity index (χ1v) is 6.42. The van der Waals surface area contributed by atoms with E-state index in [2.05, 4.69) is 5.32 Å². The van der Waals surface area contributed by atoms with Gasteiger partial charge in [0.1, 0.15) is 11.1 Å². The minimum absolute atomic E-state index is 0.0530. The fourth-order valence-electron chi connectivity index (χ4n) is 1.85. The Morgan fingerprint density at radius 3 is 2.90 bits per heavy atom. The number of ether oxygens (including phenoxy) is 1. The third kappa shape index (κ3) is 3.18. The molecule has 106 valence electrons. The number of benzene rings is 1. The fourth-order valence-corrected chi connectivity index (χ4v) is 2.03. The van der Waals surface area contributed by atoms with E-state index in [1.807, 2.05) is 0 Å². The lowest BCUT2D eigenvalue weighted by Gasteiger charge is -2.12. The molecule has 0 saturated heterocycles. The third-order valence-electron chi connectivity index (χ3n) is 2.73. The molecule has 6 heteroatoms. The summed E-state index contributed by atoms with van der Waals surface area (Å²) in [6.45, 7) is 2.14. The molecule has 0 aliphatic carbocycles. The fraction of sp³-hybridized carbons (Fsp3) is 0.286. The second kappa shape index (κ2) is 6.07. The Labute approximate surface area is 120 Å².